The van der Waals surface area contributed by atoms with Gasteiger partial charge in [0.05, 0.1) is 5.69 Å². The first-order valence-electron chi connectivity index (χ1n) is 6.67. The van der Waals surface area contributed by atoms with Crippen LogP contribution in [0.2, 0.25) is 0 Å². The largest absolute Gasteiger partial charge is 0.327 e. The van der Waals surface area contributed by atoms with Crippen LogP contribution in [0.15, 0.2) is 58.8 Å². The molecule has 0 spiro atoms. The molecular formula is C16H19N3O. The molecule has 0 fully saturated rings. The molecule has 4 heteroatoms. The van der Waals surface area contributed by atoms with Crippen molar-refractivity contribution in [3.05, 3.63) is 54.1 Å². The van der Waals surface area contributed by atoms with Crippen LogP contribution < -0.4 is 5.32 Å². The first-order valence-corrected chi connectivity index (χ1v) is 6.67. The maximum atomic E-state index is 11.5. The van der Waals surface area contributed by atoms with E-state index in [1.807, 2.05) is 62.4 Å². The molecule has 0 heterocycles. The van der Waals surface area contributed by atoms with Crippen molar-refractivity contribution in [3.63, 3.8) is 0 Å². The number of nitrogens with zero attached hydrogens (tertiary/aromatic N) is 2. The summed E-state index contributed by atoms with van der Waals surface area (Å²) in [6.07, 6.45) is 7.72. The van der Waals surface area contributed by atoms with E-state index in [0.29, 0.717) is 0 Å². The summed E-state index contributed by atoms with van der Waals surface area (Å²) < 4.78 is 0. The van der Waals surface area contributed by atoms with Gasteiger partial charge >= 0.3 is 0 Å². The van der Waals surface area contributed by atoms with Crippen LogP contribution >= 0.6 is 0 Å². The van der Waals surface area contributed by atoms with E-state index < -0.39 is 5.66 Å². The van der Waals surface area contributed by atoms with E-state index in [2.05, 4.69) is 15.5 Å². The van der Waals surface area contributed by atoms with Crippen LogP contribution in [0.5, 0.6) is 0 Å². The van der Waals surface area contributed by atoms with E-state index >= 15 is 0 Å². The fourth-order valence-electron chi connectivity index (χ4n) is 2.13. The van der Waals surface area contributed by atoms with E-state index in [0.717, 1.165) is 11.3 Å². The third kappa shape index (κ3) is 3.02. The first-order chi connectivity index (χ1) is 9.53. The number of rotatable bonds is 3. The van der Waals surface area contributed by atoms with Gasteiger partial charge in [-0.05, 0) is 24.6 Å². The highest BCUT2D eigenvalue weighted by atomic mass is 16.1. The number of hydrogen-bond donors (Lipinski definition) is 1. The monoisotopic (exact) mass is 269 g/mol. The molecular weight excluding hydrogens is 250 g/mol. The molecule has 2 atom stereocenters. The fourth-order valence-corrected chi connectivity index (χ4v) is 2.13. The van der Waals surface area contributed by atoms with E-state index in [1.165, 1.54) is 6.92 Å². The summed E-state index contributed by atoms with van der Waals surface area (Å²) in [5, 5.41) is 11.6. The zero-order valence-corrected chi connectivity index (χ0v) is 12.0. The summed E-state index contributed by atoms with van der Waals surface area (Å²) in [6, 6.07) is 7.78. The molecule has 104 valence electrons. The number of allylic oxidation sites excluding steroid dienone is 2. The molecule has 1 amide bonds. The van der Waals surface area contributed by atoms with Crippen molar-refractivity contribution >= 4 is 11.6 Å². The van der Waals surface area contributed by atoms with Gasteiger partial charge in [0.25, 0.3) is 0 Å². The SMILES string of the molecule is CC(=O)NC1(N=Nc2ccccc2C)C=CC=CC1C. The van der Waals surface area contributed by atoms with Crippen molar-refractivity contribution in [2.24, 2.45) is 16.1 Å². The molecule has 4 nitrogen and oxygen atoms in total. The summed E-state index contributed by atoms with van der Waals surface area (Å²) >= 11 is 0. The summed E-state index contributed by atoms with van der Waals surface area (Å²) in [7, 11) is 0. The molecule has 1 aliphatic carbocycles. The Kier molecular flexibility index (Phi) is 4.13. The van der Waals surface area contributed by atoms with Gasteiger partial charge in [0.15, 0.2) is 5.66 Å². The average molecular weight is 269 g/mol. The lowest BCUT2D eigenvalue weighted by atomic mass is 9.90. The third-order valence-corrected chi connectivity index (χ3v) is 3.37. The van der Waals surface area contributed by atoms with Crippen LogP contribution in [0.4, 0.5) is 5.69 Å². The Morgan fingerprint density at radius 1 is 1.30 bits per heavy atom. The summed E-state index contributed by atoms with van der Waals surface area (Å²) in [5.41, 5.74) is 1.06. The Hall–Kier alpha value is -2.23. The molecule has 20 heavy (non-hydrogen) atoms. The molecule has 2 unspecified atom stereocenters. The van der Waals surface area contributed by atoms with Gasteiger partial charge in [0.2, 0.25) is 5.91 Å². The minimum Gasteiger partial charge on any atom is -0.327 e. The summed E-state index contributed by atoms with van der Waals surface area (Å²) in [6.45, 7) is 5.48. The first kappa shape index (κ1) is 14.2. The van der Waals surface area contributed by atoms with Gasteiger partial charge in [-0.15, -0.1) is 0 Å². The number of hydrogen-bond acceptors (Lipinski definition) is 3. The van der Waals surface area contributed by atoms with Gasteiger partial charge in [-0.1, -0.05) is 43.4 Å². The number of carbonyl (C=O) groups is 1. The average Bonchev–Trinajstić information content (AvgIpc) is 2.40. The van der Waals surface area contributed by atoms with E-state index in [-0.39, 0.29) is 11.8 Å². The molecule has 0 aliphatic heterocycles. The molecule has 0 saturated heterocycles. The molecule has 1 aliphatic rings. The minimum atomic E-state index is -0.803. The molecule has 2 rings (SSSR count). The number of aryl methyl sites for hydroxylation is 1. The number of carbonyl (C=O) groups excluding carboxylic acids is 1. The minimum absolute atomic E-state index is 0.0455. The van der Waals surface area contributed by atoms with Crippen molar-refractivity contribution in [1.82, 2.24) is 5.32 Å². The topological polar surface area (TPSA) is 53.8 Å². The third-order valence-electron chi connectivity index (χ3n) is 3.37. The highest BCUT2D eigenvalue weighted by molar-refractivity contribution is 5.74. The second kappa shape index (κ2) is 5.82. The Morgan fingerprint density at radius 3 is 2.70 bits per heavy atom. The van der Waals surface area contributed by atoms with E-state index in [1.54, 1.807) is 0 Å². The number of benzene rings is 1. The lowest BCUT2D eigenvalue weighted by Gasteiger charge is -2.32. The molecule has 1 aromatic carbocycles. The molecule has 1 N–H and O–H groups in total. The smallest absolute Gasteiger partial charge is 0.219 e. The lowest BCUT2D eigenvalue weighted by molar-refractivity contribution is -0.120. The zero-order valence-electron chi connectivity index (χ0n) is 12.0. The van der Waals surface area contributed by atoms with Crippen LogP contribution in [0.25, 0.3) is 0 Å². The standard InChI is InChI=1S/C16H19N3O/c1-12-8-4-5-10-15(12)18-19-16(17-14(3)20)11-7-6-9-13(16)2/h4-11,13H,1-3H3,(H,17,20). The second-order valence-corrected chi connectivity index (χ2v) is 5.03. The fraction of sp³-hybridized carbons (Fsp3) is 0.312. The predicted molar refractivity (Wildman–Crippen MR) is 79.7 cm³/mol. The van der Waals surface area contributed by atoms with Crippen LogP contribution in [0.3, 0.4) is 0 Å². The lowest BCUT2D eigenvalue weighted by Crippen LogP contribution is -2.49. The van der Waals surface area contributed by atoms with Crippen LogP contribution in [-0.4, -0.2) is 11.6 Å². The van der Waals surface area contributed by atoms with Crippen LogP contribution in [0.1, 0.15) is 19.4 Å². The van der Waals surface area contributed by atoms with Gasteiger partial charge in [0.1, 0.15) is 0 Å². The van der Waals surface area contributed by atoms with Crippen molar-refractivity contribution in [2.75, 3.05) is 0 Å². The summed E-state index contributed by atoms with van der Waals surface area (Å²) in [5.74, 6) is -0.0790. The Bertz CT molecular complexity index is 589. The Labute approximate surface area is 119 Å². The highest BCUT2D eigenvalue weighted by Crippen LogP contribution is 2.28. The normalized spacial score (nSPS) is 25.1. The molecule has 0 radical (unpaired) electrons. The number of nitrogens with one attached hydrogen (secondary N) is 1. The van der Waals surface area contributed by atoms with Gasteiger partial charge < -0.3 is 5.32 Å². The van der Waals surface area contributed by atoms with Gasteiger partial charge in [-0.2, -0.15) is 10.2 Å². The van der Waals surface area contributed by atoms with Crippen molar-refractivity contribution in [1.29, 1.82) is 0 Å². The molecule has 0 aromatic heterocycles. The van der Waals surface area contributed by atoms with E-state index in [4.69, 9.17) is 0 Å². The Morgan fingerprint density at radius 2 is 2.05 bits per heavy atom. The van der Waals surface area contributed by atoms with Gasteiger partial charge in [-0.25, -0.2) is 0 Å². The number of amides is 1. The van der Waals surface area contributed by atoms with E-state index in [9.17, 15) is 4.79 Å². The molecule has 1 aromatic rings. The summed E-state index contributed by atoms with van der Waals surface area (Å²) in [4.78, 5) is 11.5. The maximum absolute atomic E-state index is 11.5. The Balaban J connectivity index is 2.34. The predicted octanol–water partition coefficient (Wildman–Crippen LogP) is 3.67. The number of azo groups is 1. The van der Waals surface area contributed by atoms with Crippen molar-refractivity contribution < 1.29 is 4.79 Å². The van der Waals surface area contributed by atoms with Crippen molar-refractivity contribution in [2.45, 2.75) is 26.4 Å². The maximum Gasteiger partial charge on any atom is 0.219 e. The van der Waals surface area contributed by atoms with Gasteiger partial charge in [-0.3, -0.25) is 4.79 Å². The highest BCUT2D eigenvalue weighted by Gasteiger charge is 2.34. The second-order valence-electron chi connectivity index (χ2n) is 5.03. The molecule has 0 saturated carbocycles. The molecule has 0 bridgehead atoms. The van der Waals surface area contributed by atoms with Crippen LogP contribution in [-0.2, 0) is 4.79 Å². The van der Waals surface area contributed by atoms with Crippen molar-refractivity contribution in [3.8, 4) is 0 Å². The van der Waals surface area contributed by atoms with Crippen LogP contribution in [0, 0.1) is 12.8 Å². The quantitative estimate of drug-likeness (QED) is 0.836. The van der Waals surface area contributed by atoms with Gasteiger partial charge in [0, 0.05) is 12.8 Å². The zero-order chi connectivity index (χ0) is 14.6.